The number of nitrogens with one attached hydrogen (secondary N) is 1. The van der Waals surface area contributed by atoms with Crippen molar-refractivity contribution in [2.24, 2.45) is 0 Å². The van der Waals surface area contributed by atoms with Crippen molar-refractivity contribution < 1.29 is 0 Å². The average Bonchev–Trinajstić information content (AvgIpc) is 3.02. The Kier molecular flexibility index (Phi) is 2.30. The van der Waals surface area contributed by atoms with E-state index in [1.807, 2.05) is 30.3 Å². The molecule has 3 aromatic rings. The third-order valence-electron chi connectivity index (χ3n) is 2.16. The molecule has 8 nitrogen and oxygen atoms in total. The SMILES string of the molecule is c1ccc(-c2nnn(Cc3nn[nH]n3)n2)cc1. The second-order valence-corrected chi connectivity index (χ2v) is 3.34. The molecule has 0 saturated heterocycles. The number of H-pyrrole nitrogens is 1. The molecular weight excluding hydrogens is 220 g/mol. The molecule has 1 N–H and O–H groups in total. The molecule has 0 unspecified atom stereocenters. The van der Waals surface area contributed by atoms with E-state index in [1.54, 1.807) is 0 Å². The summed E-state index contributed by atoms with van der Waals surface area (Å²) in [5, 5.41) is 25.6. The molecule has 0 amide bonds. The fraction of sp³-hybridized carbons (Fsp3) is 0.111. The molecule has 2 heterocycles. The molecule has 3 rings (SSSR count). The number of benzene rings is 1. The van der Waals surface area contributed by atoms with E-state index in [0.29, 0.717) is 18.2 Å². The first-order chi connectivity index (χ1) is 8.42. The second kappa shape index (κ2) is 4.08. The minimum atomic E-state index is 0.344. The zero-order chi connectivity index (χ0) is 11.5. The van der Waals surface area contributed by atoms with Crippen LogP contribution in [0.5, 0.6) is 0 Å². The number of aromatic amines is 1. The quantitative estimate of drug-likeness (QED) is 0.672. The lowest BCUT2D eigenvalue weighted by molar-refractivity contribution is 0.555. The third-order valence-corrected chi connectivity index (χ3v) is 2.16. The highest BCUT2D eigenvalue weighted by molar-refractivity contribution is 5.52. The number of aromatic nitrogens is 8. The summed E-state index contributed by atoms with van der Waals surface area (Å²) in [6, 6.07) is 9.64. The van der Waals surface area contributed by atoms with Gasteiger partial charge in [-0.15, -0.1) is 20.4 Å². The van der Waals surface area contributed by atoms with Gasteiger partial charge in [-0.3, -0.25) is 0 Å². The summed E-state index contributed by atoms with van der Waals surface area (Å²) >= 11 is 0. The first kappa shape index (κ1) is 9.58. The van der Waals surface area contributed by atoms with Crippen LogP contribution in [0.1, 0.15) is 5.82 Å². The zero-order valence-electron chi connectivity index (χ0n) is 8.72. The summed E-state index contributed by atoms with van der Waals surface area (Å²) < 4.78 is 0. The van der Waals surface area contributed by atoms with Gasteiger partial charge >= 0.3 is 0 Å². The molecule has 0 aliphatic heterocycles. The highest BCUT2D eigenvalue weighted by atomic mass is 15.6. The Labute approximate surface area is 95.7 Å². The third kappa shape index (κ3) is 2.00. The van der Waals surface area contributed by atoms with Crippen molar-refractivity contribution in [3.63, 3.8) is 0 Å². The molecule has 0 atom stereocenters. The van der Waals surface area contributed by atoms with Crippen molar-refractivity contribution in [2.45, 2.75) is 6.54 Å². The molecule has 0 fully saturated rings. The van der Waals surface area contributed by atoms with Gasteiger partial charge in [-0.1, -0.05) is 35.5 Å². The fourth-order valence-corrected chi connectivity index (χ4v) is 1.39. The van der Waals surface area contributed by atoms with E-state index in [2.05, 4.69) is 36.0 Å². The van der Waals surface area contributed by atoms with Gasteiger partial charge in [0, 0.05) is 5.56 Å². The molecule has 0 spiro atoms. The van der Waals surface area contributed by atoms with Gasteiger partial charge in [-0.2, -0.15) is 10.0 Å². The van der Waals surface area contributed by atoms with E-state index < -0.39 is 0 Å². The average molecular weight is 228 g/mol. The lowest BCUT2D eigenvalue weighted by atomic mass is 10.2. The molecule has 0 bridgehead atoms. The summed E-state index contributed by atoms with van der Waals surface area (Å²) in [6.45, 7) is 0.344. The van der Waals surface area contributed by atoms with E-state index in [0.717, 1.165) is 5.56 Å². The maximum atomic E-state index is 4.23. The predicted octanol–water partition coefficient (Wildman–Crippen LogP) is -0.0985. The molecule has 0 saturated carbocycles. The Bertz CT molecular complexity index is 585. The van der Waals surface area contributed by atoms with Crippen LogP contribution in [-0.4, -0.2) is 40.8 Å². The Morgan fingerprint density at radius 3 is 2.76 bits per heavy atom. The maximum absolute atomic E-state index is 4.23. The van der Waals surface area contributed by atoms with E-state index in [1.165, 1.54) is 4.80 Å². The van der Waals surface area contributed by atoms with Crippen LogP contribution in [0.25, 0.3) is 11.4 Å². The van der Waals surface area contributed by atoms with Gasteiger partial charge in [-0.25, -0.2) is 0 Å². The van der Waals surface area contributed by atoms with Gasteiger partial charge in [0.2, 0.25) is 5.82 Å². The highest BCUT2D eigenvalue weighted by Crippen LogP contribution is 2.11. The molecule has 1 aromatic carbocycles. The molecule has 0 aliphatic rings. The van der Waals surface area contributed by atoms with E-state index >= 15 is 0 Å². The summed E-state index contributed by atoms with van der Waals surface area (Å²) in [5.74, 6) is 1.09. The van der Waals surface area contributed by atoms with Crippen molar-refractivity contribution in [1.82, 2.24) is 40.8 Å². The number of hydrogen-bond donors (Lipinski definition) is 1. The number of nitrogens with zero attached hydrogens (tertiary/aromatic N) is 7. The summed E-state index contributed by atoms with van der Waals surface area (Å²) in [7, 11) is 0. The van der Waals surface area contributed by atoms with Crippen LogP contribution in [0, 0.1) is 0 Å². The Balaban J connectivity index is 1.84. The lowest BCUT2D eigenvalue weighted by Gasteiger charge is -1.92. The summed E-state index contributed by atoms with van der Waals surface area (Å²) in [6.07, 6.45) is 0. The minimum absolute atomic E-state index is 0.344. The van der Waals surface area contributed by atoms with Crippen LogP contribution in [0.4, 0.5) is 0 Å². The van der Waals surface area contributed by atoms with Gasteiger partial charge in [0.05, 0.1) is 0 Å². The Morgan fingerprint density at radius 1 is 1.12 bits per heavy atom. The van der Waals surface area contributed by atoms with Gasteiger partial charge in [-0.05, 0) is 5.21 Å². The number of tetrazole rings is 2. The van der Waals surface area contributed by atoms with E-state index in [4.69, 9.17) is 0 Å². The monoisotopic (exact) mass is 228 g/mol. The molecule has 17 heavy (non-hydrogen) atoms. The Hall–Kier alpha value is -2.64. The minimum Gasteiger partial charge on any atom is -0.177 e. The topological polar surface area (TPSA) is 98.1 Å². The van der Waals surface area contributed by atoms with Gasteiger partial charge in [0.25, 0.3) is 0 Å². The number of rotatable bonds is 3. The van der Waals surface area contributed by atoms with Gasteiger partial charge in [0.1, 0.15) is 6.54 Å². The standard InChI is InChI=1S/C9H8N8/c1-2-4-7(5-3-1)9-12-16-17(13-9)6-8-10-14-15-11-8/h1-5H,6H2,(H,10,11,14,15). The van der Waals surface area contributed by atoms with Crippen LogP contribution in [0.2, 0.25) is 0 Å². The molecule has 2 aromatic heterocycles. The zero-order valence-corrected chi connectivity index (χ0v) is 8.72. The van der Waals surface area contributed by atoms with Crippen molar-refractivity contribution in [1.29, 1.82) is 0 Å². The van der Waals surface area contributed by atoms with Crippen LogP contribution >= 0.6 is 0 Å². The fourth-order valence-electron chi connectivity index (χ4n) is 1.39. The van der Waals surface area contributed by atoms with E-state index in [-0.39, 0.29) is 0 Å². The molecule has 84 valence electrons. The highest BCUT2D eigenvalue weighted by Gasteiger charge is 2.07. The summed E-state index contributed by atoms with van der Waals surface area (Å²) in [4.78, 5) is 1.42. The van der Waals surface area contributed by atoms with Gasteiger partial charge in [0.15, 0.2) is 5.82 Å². The van der Waals surface area contributed by atoms with Crippen molar-refractivity contribution in [3.8, 4) is 11.4 Å². The maximum Gasteiger partial charge on any atom is 0.204 e. The number of hydrogen-bond acceptors (Lipinski definition) is 6. The largest absolute Gasteiger partial charge is 0.204 e. The van der Waals surface area contributed by atoms with Crippen LogP contribution in [0.3, 0.4) is 0 Å². The van der Waals surface area contributed by atoms with Crippen LogP contribution in [-0.2, 0) is 6.54 Å². The second-order valence-electron chi connectivity index (χ2n) is 3.34. The summed E-state index contributed by atoms with van der Waals surface area (Å²) in [5.41, 5.74) is 0.923. The van der Waals surface area contributed by atoms with Gasteiger partial charge < -0.3 is 0 Å². The van der Waals surface area contributed by atoms with Crippen LogP contribution in [0.15, 0.2) is 30.3 Å². The first-order valence-corrected chi connectivity index (χ1v) is 4.97. The molecule has 0 radical (unpaired) electrons. The van der Waals surface area contributed by atoms with Crippen molar-refractivity contribution in [2.75, 3.05) is 0 Å². The smallest absolute Gasteiger partial charge is 0.177 e. The van der Waals surface area contributed by atoms with E-state index in [9.17, 15) is 0 Å². The van der Waals surface area contributed by atoms with Crippen LogP contribution < -0.4 is 0 Å². The molecule has 0 aliphatic carbocycles. The first-order valence-electron chi connectivity index (χ1n) is 4.97. The predicted molar refractivity (Wildman–Crippen MR) is 56.5 cm³/mol. The lowest BCUT2D eigenvalue weighted by Crippen LogP contribution is -2.05. The molecule has 8 heteroatoms. The normalized spacial score (nSPS) is 10.6. The van der Waals surface area contributed by atoms with Crippen molar-refractivity contribution in [3.05, 3.63) is 36.2 Å². The Morgan fingerprint density at radius 2 is 2.00 bits per heavy atom. The van der Waals surface area contributed by atoms with Crippen molar-refractivity contribution >= 4 is 0 Å². The molecular formula is C9H8N8.